The molecule has 0 unspecified atom stereocenters. The van der Waals surface area contributed by atoms with Crippen molar-refractivity contribution in [3.8, 4) is 0 Å². The molecule has 1 N–H and O–H groups in total. The summed E-state index contributed by atoms with van der Waals surface area (Å²) < 4.78 is 47.4. The van der Waals surface area contributed by atoms with Crippen LogP contribution in [0.25, 0.3) is 0 Å². The van der Waals surface area contributed by atoms with Crippen LogP contribution < -0.4 is 0 Å². The number of carbonyl (C=O) groups is 1. The molecule has 1 aromatic rings. The minimum Gasteiger partial charge on any atom is -0.478 e. The van der Waals surface area contributed by atoms with Crippen LogP contribution in [-0.4, -0.2) is 61.0 Å². The van der Waals surface area contributed by atoms with Crippen molar-refractivity contribution in [2.45, 2.75) is 31.8 Å². The summed E-state index contributed by atoms with van der Waals surface area (Å²) in [6, 6.07) is 2.10. The molecule has 3 rings (SSSR count). The van der Waals surface area contributed by atoms with E-state index >= 15 is 0 Å². The van der Waals surface area contributed by atoms with Gasteiger partial charge in [-0.3, -0.25) is 0 Å². The van der Waals surface area contributed by atoms with E-state index in [0.717, 1.165) is 6.07 Å². The van der Waals surface area contributed by atoms with Crippen LogP contribution in [0.1, 0.15) is 34.3 Å². The molecule has 0 bridgehead atoms. The second-order valence-corrected chi connectivity index (χ2v) is 8.34. The predicted molar refractivity (Wildman–Crippen MR) is 88.0 cm³/mol. The Labute approximate surface area is 146 Å². The zero-order chi connectivity index (χ0) is 18.2. The van der Waals surface area contributed by atoms with Crippen LogP contribution in [0.4, 0.5) is 4.39 Å². The minimum atomic E-state index is -3.73. The summed E-state index contributed by atoms with van der Waals surface area (Å²) in [5, 5.41) is 9.31. The average Bonchev–Trinajstić information content (AvgIpc) is 2.60. The van der Waals surface area contributed by atoms with E-state index in [0.29, 0.717) is 37.2 Å². The molecule has 2 heterocycles. The van der Waals surface area contributed by atoms with Crippen LogP contribution in [0.3, 0.4) is 0 Å². The number of benzene rings is 1. The monoisotopic (exact) mass is 372 g/mol. The zero-order valence-corrected chi connectivity index (χ0v) is 14.8. The maximum atomic E-state index is 13.6. The lowest BCUT2D eigenvalue weighted by atomic mass is 9.96. The number of ether oxygens (including phenoxy) is 1. The number of hydrogen-bond donors (Lipinski definition) is 1. The summed E-state index contributed by atoms with van der Waals surface area (Å²) in [6.07, 6.45) is 1.55. The number of nitrogens with zero attached hydrogens (tertiary/aromatic N) is 2. The largest absolute Gasteiger partial charge is 0.478 e. The molecule has 1 saturated heterocycles. The van der Waals surface area contributed by atoms with Crippen LogP contribution in [0, 0.1) is 5.82 Å². The third-order valence-electron chi connectivity index (χ3n) is 4.90. The molecule has 9 heteroatoms. The number of aromatic carboxylic acids is 1. The van der Waals surface area contributed by atoms with Gasteiger partial charge in [0.15, 0.2) is 0 Å². The molecule has 0 aliphatic carbocycles. The Morgan fingerprint density at radius 1 is 1.36 bits per heavy atom. The highest BCUT2D eigenvalue weighted by molar-refractivity contribution is 7.86. The second-order valence-electron chi connectivity index (χ2n) is 6.35. The normalized spacial score (nSPS) is 19.8. The van der Waals surface area contributed by atoms with Gasteiger partial charge in [0, 0.05) is 39.4 Å². The van der Waals surface area contributed by atoms with E-state index in [9.17, 15) is 22.7 Å². The first-order valence-corrected chi connectivity index (χ1v) is 9.56. The summed E-state index contributed by atoms with van der Waals surface area (Å²) in [6.45, 7) is 1.18. The second kappa shape index (κ2) is 6.99. The standard InChI is InChI=1S/C16H21FN2O5S/c1-18(13-3-6-24-7-4-13)25(22,23)19-5-2-11-8-12(17)9-14(16(20)21)15(11)10-19/h8-9,13H,2-7,10H2,1H3,(H,20,21). The number of halogens is 1. The number of rotatable bonds is 4. The maximum absolute atomic E-state index is 13.6. The van der Waals surface area contributed by atoms with Gasteiger partial charge in [-0.25, -0.2) is 9.18 Å². The number of fused-ring (bicyclic) bond motifs is 1. The van der Waals surface area contributed by atoms with E-state index in [4.69, 9.17) is 4.74 Å². The van der Waals surface area contributed by atoms with E-state index in [1.54, 1.807) is 7.05 Å². The molecule has 25 heavy (non-hydrogen) atoms. The van der Waals surface area contributed by atoms with Crippen molar-refractivity contribution < 1.29 is 27.4 Å². The van der Waals surface area contributed by atoms with E-state index in [1.807, 2.05) is 0 Å². The van der Waals surface area contributed by atoms with Gasteiger partial charge in [0.1, 0.15) is 5.82 Å². The highest BCUT2D eigenvalue weighted by Gasteiger charge is 2.36. The first-order chi connectivity index (χ1) is 11.8. The molecule has 0 radical (unpaired) electrons. The highest BCUT2D eigenvalue weighted by Crippen LogP contribution is 2.28. The molecule has 0 atom stereocenters. The topological polar surface area (TPSA) is 87.2 Å². The van der Waals surface area contributed by atoms with Crippen molar-refractivity contribution in [2.24, 2.45) is 0 Å². The Balaban J connectivity index is 1.87. The van der Waals surface area contributed by atoms with Gasteiger partial charge in [-0.15, -0.1) is 0 Å². The quantitative estimate of drug-likeness (QED) is 0.859. The maximum Gasteiger partial charge on any atom is 0.336 e. The van der Waals surface area contributed by atoms with E-state index in [2.05, 4.69) is 0 Å². The number of carboxylic acids is 1. The molecule has 7 nitrogen and oxygen atoms in total. The third kappa shape index (κ3) is 3.55. The zero-order valence-electron chi connectivity index (χ0n) is 13.9. The van der Waals surface area contributed by atoms with Gasteiger partial charge in [0.25, 0.3) is 10.2 Å². The fraction of sp³-hybridized carbons (Fsp3) is 0.562. The summed E-state index contributed by atoms with van der Waals surface area (Å²) in [7, 11) is -2.19. The Morgan fingerprint density at radius 2 is 2.04 bits per heavy atom. The van der Waals surface area contributed by atoms with Gasteiger partial charge in [0.2, 0.25) is 0 Å². The lowest BCUT2D eigenvalue weighted by Gasteiger charge is -2.36. The fourth-order valence-corrected chi connectivity index (χ4v) is 4.98. The van der Waals surface area contributed by atoms with Crippen LogP contribution in [0.5, 0.6) is 0 Å². The van der Waals surface area contributed by atoms with Crippen LogP contribution >= 0.6 is 0 Å². The van der Waals surface area contributed by atoms with Crippen LogP contribution in [0.2, 0.25) is 0 Å². The molecule has 0 amide bonds. The molecule has 0 spiro atoms. The van der Waals surface area contributed by atoms with Gasteiger partial charge < -0.3 is 9.84 Å². The molecule has 0 saturated carbocycles. The molecule has 2 aliphatic rings. The SMILES string of the molecule is CN(C1CCOCC1)S(=O)(=O)N1CCc2cc(F)cc(C(=O)O)c2C1. The summed E-state index contributed by atoms with van der Waals surface area (Å²) in [5.74, 6) is -1.88. The Hall–Kier alpha value is -1.55. The summed E-state index contributed by atoms with van der Waals surface area (Å²) >= 11 is 0. The van der Waals surface area contributed by atoms with E-state index in [1.165, 1.54) is 14.7 Å². The van der Waals surface area contributed by atoms with Gasteiger partial charge >= 0.3 is 5.97 Å². The van der Waals surface area contributed by atoms with Crippen molar-refractivity contribution in [2.75, 3.05) is 26.8 Å². The molecule has 1 fully saturated rings. The van der Waals surface area contributed by atoms with Crippen molar-refractivity contribution in [3.05, 3.63) is 34.6 Å². The molecule has 2 aliphatic heterocycles. The predicted octanol–water partition coefficient (Wildman–Crippen LogP) is 1.24. The Kier molecular flexibility index (Phi) is 5.10. The smallest absolute Gasteiger partial charge is 0.336 e. The van der Waals surface area contributed by atoms with Gasteiger partial charge in [-0.2, -0.15) is 17.0 Å². The first kappa shape index (κ1) is 18.2. The fourth-order valence-electron chi connectivity index (χ4n) is 3.41. The van der Waals surface area contributed by atoms with E-state index < -0.39 is 22.0 Å². The highest BCUT2D eigenvalue weighted by atomic mass is 32.2. The summed E-state index contributed by atoms with van der Waals surface area (Å²) in [5.41, 5.74) is 0.741. The van der Waals surface area contributed by atoms with Crippen molar-refractivity contribution in [3.63, 3.8) is 0 Å². The van der Waals surface area contributed by atoms with E-state index in [-0.39, 0.29) is 31.1 Å². The van der Waals surface area contributed by atoms with Crippen molar-refractivity contribution >= 4 is 16.2 Å². The molecule has 138 valence electrons. The van der Waals surface area contributed by atoms with Gasteiger partial charge in [-0.1, -0.05) is 0 Å². The Bertz CT molecular complexity index is 777. The summed E-state index contributed by atoms with van der Waals surface area (Å²) in [4.78, 5) is 11.4. The van der Waals surface area contributed by atoms with Gasteiger partial charge in [0.05, 0.1) is 5.56 Å². The van der Waals surface area contributed by atoms with Crippen LogP contribution in [-0.2, 0) is 27.9 Å². The lowest BCUT2D eigenvalue weighted by molar-refractivity contribution is 0.0615. The first-order valence-electron chi connectivity index (χ1n) is 8.16. The number of hydrogen-bond acceptors (Lipinski definition) is 4. The van der Waals surface area contributed by atoms with Crippen molar-refractivity contribution in [1.82, 2.24) is 8.61 Å². The molecular formula is C16H21FN2O5S. The Morgan fingerprint density at radius 3 is 2.68 bits per heavy atom. The van der Waals surface area contributed by atoms with Gasteiger partial charge in [-0.05, 0) is 42.5 Å². The molecular weight excluding hydrogens is 351 g/mol. The lowest BCUT2D eigenvalue weighted by Crippen LogP contribution is -2.49. The number of carboxylic acid groups (broad SMARTS) is 1. The molecule has 0 aromatic heterocycles. The third-order valence-corrected chi connectivity index (χ3v) is 6.89. The average molecular weight is 372 g/mol. The van der Waals surface area contributed by atoms with Crippen LogP contribution in [0.15, 0.2) is 12.1 Å². The molecule has 1 aromatic carbocycles. The van der Waals surface area contributed by atoms with Crippen molar-refractivity contribution in [1.29, 1.82) is 0 Å². The minimum absolute atomic E-state index is 0.0624.